The van der Waals surface area contributed by atoms with E-state index < -0.39 is 8.60 Å². The molecule has 0 fully saturated rings. The van der Waals surface area contributed by atoms with Gasteiger partial charge in [-0.3, -0.25) is 0 Å². The summed E-state index contributed by atoms with van der Waals surface area (Å²) in [6.07, 6.45) is 38.4. The van der Waals surface area contributed by atoms with Gasteiger partial charge in [0.05, 0.1) is 26.4 Å². The molecule has 0 aliphatic rings. The summed E-state index contributed by atoms with van der Waals surface area (Å²) in [5, 5.41) is 0. The van der Waals surface area contributed by atoms with Crippen molar-refractivity contribution in [1.29, 1.82) is 0 Å². The molecule has 8 heteroatoms. The van der Waals surface area contributed by atoms with E-state index in [0.717, 1.165) is 26.1 Å². The Morgan fingerprint density at radius 3 is 0.886 bits per heavy atom. The van der Waals surface area contributed by atoms with Gasteiger partial charge in [-0.2, -0.15) is 0 Å². The molecular formula is C36H75O5PS2. The molecule has 0 heterocycles. The van der Waals surface area contributed by atoms with Gasteiger partial charge in [-0.25, -0.2) is 0 Å². The Morgan fingerprint density at radius 2 is 0.614 bits per heavy atom. The standard InChI is InChI=1S/C36H75O5PS2/c1-3-5-7-9-11-13-15-17-19-21-23-25-27-29-31-40-43-35-33-38-42(37)39-34-36-44-41-32-30-28-26-24-22-20-18-16-14-12-10-8-6-4-2/h37H,3-36H2,1-2H3. The van der Waals surface area contributed by atoms with Crippen molar-refractivity contribution in [1.82, 2.24) is 0 Å². The van der Waals surface area contributed by atoms with Crippen LogP contribution in [0.5, 0.6) is 0 Å². The third-order valence-electron chi connectivity index (χ3n) is 8.07. The third-order valence-corrected chi connectivity index (χ3v) is 10.2. The molecule has 0 amide bonds. The molecule has 0 aromatic rings. The van der Waals surface area contributed by atoms with Crippen molar-refractivity contribution < 1.29 is 22.3 Å². The van der Waals surface area contributed by atoms with Crippen LogP contribution in [0.4, 0.5) is 0 Å². The molecule has 0 saturated heterocycles. The Hall–Kier alpha value is 0.930. The van der Waals surface area contributed by atoms with E-state index in [1.807, 2.05) is 0 Å². The van der Waals surface area contributed by atoms with Crippen molar-refractivity contribution in [2.45, 2.75) is 194 Å². The molecule has 0 aliphatic carbocycles. The van der Waals surface area contributed by atoms with Crippen LogP contribution in [0.3, 0.4) is 0 Å². The van der Waals surface area contributed by atoms with E-state index in [1.54, 1.807) is 0 Å². The summed E-state index contributed by atoms with van der Waals surface area (Å²) in [5.41, 5.74) is 0. The van der Waals surface area contributed by atoms with Gasteiger partial charge in [0.2, 0.25) is 0 Å². The van der Waals surface area contributed by atoms with Gasteiger partial charge in [0.1, 0.15) is 0 Å². The molecular weight excluding hydrogens is 607 g/mol. The summed E-state index contributed by atoms with van der Waals surface area (Å²) in [7, 11) is -1.81. The molecule has 0 aliphatic heterocycles. The molecule has 0 saturated carbocycles. The molecule has 44 heavy (non-hydrogen) atoms. The van der Waals surface area contributed by atoms with Gasteiger partial charge < -0.3 is 22.3 Å². The van der Waals surface area contributed by atoms with Gasteiger partial charge in [-0.05, 0) is 36.9 Å². The molecule has 0 radical (unpaired) electrons. The lowest BCUT2D eigenvalue weighted by molar-refractivity contribution is 0.217. The average molecular weight is 683 g/mol. The maximum absolute atomic E-state index is 9.86. The Balaban J connectivity index is 3.13. The van der Waals surface area contributed by atoms with E-state index in [1.165, 1.54) is 191 Å². The normalized spacial score (nSPS) is 11.7. The van der Waals surface area contributed by atoms with E-state index in [0.29, 0.717) is 24.7 Å². The lowest BCUT2D eigenvalue weighted by atomic mass is 10.0. The van der Waals surface area contributed by atoms with Gasteiger partial charge in [-0.1, -0.05) is 181 Å². The quantitative estimate of drug-likeness (QED) is 0.0392. The zero-order chi connectivity index (χ0) is 31.9. The fraction of sp³-hybridized carbons (Fsp3) is 1.00. The second-order valence-corrected chi connectivity index (χ2v) is 15.1. The molecule has 266 valence electrons. The van der Waals surface area contributed by atoms with Crippen LogP contribution in [0, 0.1) is 0 Å². The molecule has 0 spiro atoms. The highest BCUT2D eigenvalue weighted by Gasteiger charge is 2.06. The fourth-order valence-electron chi connectivity index (χ4n) is 5.28. The second kappa shape index (κ2) is 42.0. The van der Waals surface area contributed by atoms with Gasteiger partial charge in [0.15, 0.2) is 0 Å². The van der Waals surface area contributed by atoms with Crippen LogP contribution in [0.25, 0.3) is 0 Å². The monoisotopic (exact) mass is 682 g/mol. The van der Waals surface area contributed by atoms with E-state index >= 15 is 0 Å². The highest BCUT2D eigenvalue weighted by Crippen LogP contribution is 2.33. The molecule has 0 bridgehead atoms. The largest absolute Gasteiger partial charge is 0.329 e. The first kappa shape index (κ1) is 44.9. The first-order valence-electron chi connectivity index (χ1n) is 19.0. The van der Waals surface area contributed by atoms with E-state index in [2.05, 4.69) is 13.8 Å². The first-order valence-corrected chi connectivity index (χ1v) is 22.0. The second-order valence-electron chi connectivity index (χ2n) is 12.4. The maximum atomic E-state index is 9.86. The van der Waals surface area contributed by atoms with Crippen LogP contribution < -0.4 is 0 Å². The number of unbranched alkanes of at least 4 members (excludes halogenated alkanes) is 26. The summed E-state index contributed by atoms with van der Waals surface area (Å²) in [5.74, 6) is 1.41. The summed E-state index contributed by atoms with van der Waals surface area (Å²) >= 11 is 2.85. The fourth-order valence-corrected chi connectivity index (χ4v) is 7.11. The molecule has 1 N–H and O–H groups in total. The van der Waals surface area contributed by atoms with Crippen LogP contribution in [0.15, 0.2) is 0 Å². The summed E-state index contributed by atoms with van der Waals surface area (Å²) in [6.45, 7) is 7.04. The van der Waals surface area contributed by atoms with Gasteiger partial charge in [-0.15, -0.1) is 0 Å². The predicted molar refractivity (Wildman–Crippen MR) is 198 cm³/mol. The summed E-state index contributed by atoms with van der Waals surface area (Å²) < 4.78 is 22.0. The predicted octanol–water partition coefficient (Wildman–Crippen LogP) is 13.5. The lowest BCUT2D eigenvalue weighted by Crippen LogP contribution is -2.00. The Kier molecular flexibility index (Phi) is 42.8. The Morgan fingerprint density at radius 1 is 0.364 bits per heavy atom. The topological polar surface area (TPSA) is 57.2 Å². The number of hydrogen-bond acceptors (Lipinski definition) is 7. The van der Waals surface area contributed by atoms with Crippen LogP contribution >= 0.6 is 32.7 Å². The molecule has 0 atom stereocenters. The number of hydrogen-bond donors (Lipinski definition) is 1. The van der Waals surface area contributed by atoms with Crippen molar-refractivity contribution in [3.63, 3.8) is 0 Å². The van der Waals surface area contributed by atoms with Gasteiger partial charge >= 0.3 is 8.60 Å². The summed E-state index contributed by atoms with van der Waals surface area (Å²) in [4.78, 5) is 9.86. The highest BCUT2D eigenvalue weighted by atomic mass is 32.2. The van der Waals surface area contributed by atoms with E-state index in [9.17, 15) is 4.89 Å². The van der Waals surface area contributed by atoms with Crippen LogP contribution in [-0.4, -0.2) is 42.8 Å². The van der Waals surface area contributed by atoms with Crippen molar-refractivity contribution in [3.8, 4) is 0 Å². The zero-order valence-electron chi connectivity index (χ0n) is 29.4. The third kappa shape index (κ3) is 41.0. The van der Waals surface area contributed by atoms with Crippen molar-refractivity contribution >= 4 is 32.7 Å². The smallest absolute Gasteiger partial charge is 0.328 e. The molecule has 0 rings (SSSR count). The molecule has 0 aromatic carbocycles. The minimum absolute atomic E-state index is 0.439. The van der Waals surface area contributed by atoms with Gasteiger partial charge in [0, 0.05) is 11.5 Å². The lowest BCUT2D eigenvalue weighted by Gasteiger charge is -2.10. The van der Waals surface area contributed by atoms with Crippen molar-refractivity contribution in [3.05, 3.63) is 0 Å². The SMILES string of the molecule is CCCCCCCCCCCCCCCCOSCCOP(O)OCCSOCCCCCCCCCCCCCCCC. The minimum atomic E-state index is -1.81. The van der Waals surface area contributed by atoms with Crippen LogP contribution in [-0.2, 0) is 17.4 Å². The average Bonchev–Trinajstić information content (AvgIpc) is 3.03. The zero-order valence-corrected chi connectivity index (χ0v) is 31.9. The Bertz CT molecular complexity index is 465. The number of rotatable bonds is 40. The maximum Gasteiger partial charge on any atom is 0.329 e. The Labute approximate surface area is 285 Å². The first-order chi connectivity index (χ1) is 21.8. The van der Waals surface area contributed by atoms with Crippen LogP contribution in [0.1, 0.15) is 194 Å². The van der Waals surface area contributed by atoms with Crippen molar-refractivity contribution in [2.24, 2.45) is 0 Å². The van der Waals surface area contributed by atoms with Gasteiger partial charge in [0.25, 0.3) is 0 Å². The minimum Gasteiger partial charge on any atom is -0.328 e. The van der Waals surface area contributed by atoms with E-state index in [4.69, 9.17) is 17.4 Å². The molecule has 5 nitrogen and oxygen atoms in total. The van der Waals surface area contributed by atoms with E-state index in [-0.39, 0.29) is 0 Å². The van der Waals surface area contributed by atoms with Crippen LogP contribution in [0.2, 0.25) is 0 Å². The highest BCUT2D eigenvalue weighted by molar-refractivity contribution is 7.94. The van der Waals surface area contributed by atoms with Crippen molar-refractivity contribution in [2.75, 3.05) is 37.9 Å². The summed E-state index contributed by atoms with van der Waals surface area (Å²) in [6, 6.07) is 0. The molecule has 0 aromatic heterocycles. The molecule has 0 unspecified atom stereocenters.